The number of piperidine rings is 1. The van der Waals surface area contributed by atoms with E-state index in [1.807, 2.05) is 12.3 Å². The fraction of sp³-hybridized carbons (Fsp3) is 0.382. The van der Waals surface area contributed by atoms with Crippen LogP contribution in [-0.2, 0) is 16.4 Å². The van der Waals surface area contributed by atoms with Gasteiger partial charge in [-0.25, -0.2) is 18.4 Å². The van der Waals surface area contributed by atoms with Gasteiger partial charge < -0.3 is 29.8 Å². The minimum atomic E-state index is -3.92. The molecule has 2 aliphatic heterocycles. The number of methoxy groups -OCH3 is 1. The van der Waals surface area contributed by atoms with Crippen LogP contribution in [0.5, 0.6) is 5.75 Å². The molecule has 3 aliphatic rings. The van der Waals surface area contributed by atoms with E-state index in [4.69, 9.17) is 20.4 Å². The Labute approximate surface area is 281 Å². The van der Waals surface area contributed by atoms with Crippen molar-refractivity contribution in [2.45, 2.75) is 48.0 Å². The third kappa shape index (κ3) is 5.14. The molecular formula is C34H36BrN7O4S. The molecule has 47 heavy (non-hydrogen) atoms. The molecule has 0 spiro atoms. The predicted molar refractivity (Wildman–Crippen MR) is 183 cm³/mol. The highest BCUT2D eigenvalue weighted by Crippen LogP contribution is 2.40. The summed E-state index contributed by atoms with van der Waals surface area (Å²) in [6.07, 6.45) is 4.96. The van der Waals surface area contributed by atoms with Gasteiger partial charge in [0.1, 0.15) is 21.8 Å². The quantitative estimate of drug-likeness (QED) is 0.235. The van der Waals surface area contributed by atoms with Crippen molar-refractivity contribution in [2.75, 3.05) is 33.3 Å². The largest absolute Gasteiger partial charge is 0.494 e. The Morgan fingerprint density at radius 2 is 1.94 bits per heavy atom. The number of carbonyl (C=O) groups excluding carboxylic acids is 1. The van der Waals surface area contributed by atoms with Crippen LogP contribution in [0.3, 0.4) is 0 Å². The molecule has 1 saturated carbocycles. The Bertz CT molecular complexity index is 2140. The van der Waals surface area contributed by atoms with Crippen molar-refractivity contribution in [1.29, 1.82) is 0 Å². The van der Waals surface area contributed by atoms with Crippen LogP contribution < -0.4 is 15.8 Å². The van der Waals surface area contributed by atoms with Gasteiger partial charge >= 0.3 is 0 Å². The molecule has 11 nitrogen and oxygen atoms in total. The number of nitrogens with two attached hydrogens (primary N) is 1. The Hall–Kier alpha value is -3.78. The number of carbonyl (C=O) groups is 1. The first-order valence-electron chi connectivity index (χ1n) is 16.0. The number of benzene rings is 2. The molecule has 0 bridgehead atoms. The molecular weight excluding hydrogens is 682 g/mol. The number of fused-ring (bicyclic) bond motifs is 2. The van der Waals surface area contributed by atoms with E-state index in [0.29, 0.717) is 35.7 Å². The zero-order valence-electron chi connectivity index (χ0n) is 26.0. The second-order valence-electron chi connectivity index (χ2n) is 13.0. The second kappa shape index (κ2) is 11.4. The third-order valence-corrected chi connectivity index (χ3v) is 12.6. The van der Waals surface area contributed by atoms with E-state index >= 15 is 0 Å². The summed E-state index contributed by atoms with van der Waals surface area (Å²) in [5.74, 6) is 1.67. The summed E-state index contributed by atoms with van der Waals surface area (Å²) in [5, 5.41) is 4.45. The Morgan fingerprint density at radius 3 is 2.64 bits per heavy atom. The summed E-state index contributed by atoms with van der Waals surface area (Å²) >= 11 is 3.36. The van der Waals surface area contributed by atoms with Crippen molar-refractivity contribution in [2.24, 2.45) is 11.7 Å². The van der Waals surface area contributed by atoms with Gasteiger partial charge in [-0.15, -0.1) is 0 Å². The highest BCUT2D eigenvalue weighted by Gasteiger charge is 2.46. The van der Waals surface area contributed by atoms with Crippen LogP contribution >= 0.6 is 15.9 Å². The first-order chi connectivity index (χ1) is 22.7. The molecule has 1 amide bonds. The van der Waals surface area contributed by atoms with E-state index in [9.17, 15) is 13.2 Å². The second-order valence-corrected chi connectivity index (χ2v) is 16.2. The average molecular weight is 719 g/mol. The fourth-order valence-electron chi connectivity index (χ4n) is 6.96. The van der Waals surface area contributed by atoms with Crippen molar-refractivity contribution < 1.29 is 17.9 Å². The Morgan fingerprint density at radius 1 is 1.15 bits per heavy atom. The number of nitrogens with zero attached hydrogens (tertiary/aromatic N) is 5. The summed E-state index contributed by atoms with van der Waals surface area (Å²) in [7, 11) is -2.32. The van der Waals surface area contributed by atoms with E-state index in [1.165, 1.54) is 12.8 Å². The van der Waals surface area contributed by atoms with Crippen molar-refractivity contribution in [1.82, 2.24) is 29.3 Å². The van der Waals surface area contributed by atoms with Gasteiger partial charge in [0.05, 0.1) is 35.8 Å². The maximum absolute atomic E-state index is 14.1. The molecule has 8 rings (SSSR count). The van der Waals surface area contributed by atoms with E-state index in [2.05, 4.69) is 42.5 Å². The molecule has 1 aliphatic carbocycles. The van der Waals surface area contributed by atoms with Crippen LogP contribution in [0, 0.1) is 5.92 Å². The molecule has 3 N–H and O–H groups in total. The average Bonchev–Trinajstić information content (AvgIpc) is 3.70. The summed E-state index contributed by atoms with van der Waals surface area (Å²) < 4.78 is 38.7. The van der Waals surface area contributed by atoms with Crippen molar-refractivity contribution in [3.8, 4) is 17.3 Å². The number of ether oxygens (including phenoxy) is 1. The number of rotatable bonds is 8. The SMILES string of the molecule is COc1cc(C(=O)N2CCC[C@@](N)(S(=O)(=O)c3ccc(Br)cc3)C2)cc2nc(-c3cc4cccnc4n3CC3CC3)n(C3CNC3)c12. The van der Waals surface area contributed by atoms with E-state index in [-0.39, 0.29) is 29.8 Å². The number of pyridine rings is 1. The number of likely N-dealkylation sites (tertiary alicyclic amines) is 1. The highest BCUT2D eigenvalue weighted by molar-refractivity contribution is 9.10. The molecule has 2 saturated heterocycles. The minimum absolute atomic E-state index is 0.119. The highest BCUT2D eigenvalue weighted by atomic mass is 79.9. The number of aromatic nitrogens is 4. The standard InChI is InChI=1S/C34H36BrN7O4S/c1-46-29-16-23(33(43)40-13-3-11-34(36,20-40)47(44,45)26-9-7-24(35)8-10-26)14-27-30(29)42(25-17-37-18-25)32(39-27)28-15-22-4-2-12-38-31(22)41(28)19-21-5-6-21/h2,4,7-10,12,14-16,21,25,37H,3,5-6,11,13,17-20,36H2,1H3/t34-/m1/s1. The van der Waals surface area contributed by atoms with Crippen molar-refractivity contribution >= 4 is 53.7 Å². The fourth-order valence-corrected chi connectivity index (χ4v) is 8.92. The summed E-state index contributed by atoms with van der Waals surface area (Å²) in [6, 6.07) is 16.3. The van der Waals surface area contributed by atoms with Gasteiger partial charge in [-0.1, -0.05) is 15.9 Å². The number of hydrogen-bond acceptors (Lipinski definition) is 8. The lowest BCUT2D eigenvalue weighted by molar-refractivity contribution is 0.0691. The molecule has 0 unspecified atom stereocenters. The smallest absolute Gasteiger partial charge is 0.254 e. The number of amides is 1. The van der Waals surface area contributed by atoms with E-state index in [1.54, 1.807) is 48.4 Å². The van der Waals surface area contributed by atoms with Crippen molar-refractivity contribution in [3.05, 3.63) is 70.8 Å². The molecule has 13 heteroatoms. The molecule has 3 fully saturated rings. The third-order valence-electron chi connectivity index (χ3n) is 9.80. The minimum Gasteiger partial charge on any atom is -0.494 e. The number of nitrogens with one attached hydrogen (secondary N) is 1. The van der Waals surface area contributed by atoms with Gasteiger partial charge in [0, 0.05) is 47.8 Å². The number of hydrogen-bond donors (Lipinski definition) is 2. The maximum atomic E-state index is 14.1. The Kier molecular flexibility index (Phi) is 7.43. The van der Waals surface area contributed by atoms with Gasteiger partial charge in [-0.3, -0.25) is 4.79 Å². The summed E-state index contributed by atoms with van der Waals surface area (Å²) in [5.41, 5.74) is 10.4. The van der Waals surface area contributed by atoms with Crippen LogP contribution in [0.4, 0.5) is 0 Å². The molecule has 5 aromatic rings. The molecule has 0 radical (unpaired) electrons. The van der Waals surface area contributed by atoms with Gasteiger partial charge in [0.15, 0.2) is 15.7 Å². The predicted octanol–water partition coefficient (Wildman–Crippen LogP) is 4.74. The maximum Gasteiger partial charge on any atom is 0.254 e. The number of halogens is 1. The Balaban J connectivity index is 1.20. The van der Waals surface area contributed by atoms with Crippen LogP contribution in [0.25, 0.3) is 33.6 Å². The summed E-state index contributed by atoms with van der Waals surface area (Å²) in [4.78, 5) is 24.1. The molecule has 244 valence electrons. The van der Waals surface area contributed by atoms with Gasteiger partial charge in [-0.2, -0.15) is 0 Å². The van der Waals surface area contributed by atoms with Crippen LogP contribution in [0.1, 0.15) is 42.1 Å². The lowest BCUT2D eigenvalue weighted by atomic mass is 10.0. The van der Waals surface area contributed by atoms with Crippen LogP contribution in [0.2, 0.25) is 0 Å². The lowest BCUT2D eigenvalue weighted by Gasteiger charge is -2.39. The lowest BCUT2D eigenvalue weighted by Crippen LogP contribution is -2.60. The van der Waals surface area contributed by atoms with Gasteiger partial charge in [0.25, 0.3) is 5.91 Å². The molecule has 1 atom stereocenters. The van der Waals surface area contributed by atoms with Crippen molar-refractivity contribution in [3.63, 3.8) is 0 Å². The summed E-state index contributed by atoms with van der Waals surface area (Å²) in [6.45, 7) is 2.75. The normalized spacial score (nSPS) is 20.5. The molecule has 2 aromatic carbocycles. The number of imidazole rings is 1. The van der Waals surface area contributed by atoms with Crippen LogP contribution in [0.15, 0.2) is 70.2 Å². The van der Waals surface area contributed by atoms with E-state index < -0.39 is 14.7 Å². The van der Waals surface area contributed by atoms with Gasteiger partial charge in [-0.05, 0) is 86.2 Å². The molecule has 5 heterocycles. The zero-order chi connectivity index (χ0) is 32.5. The number of sulfone groups is 1. The first kappa shape index (κ1) is 30.5. The first-order valence-corrected chi connectivity index (χ1v) is 18.3. The van der Waals surface area contributed by atoms with Crippen LogP contribution in [-0.4, -0.2) is 76.5 Å². The molecule has 3 aromatic heterocycles. The topological polar surface area (TPSA) is 137 Å². The van der Waals surface area contributed by atoms with E-state index in [0.717, 1.165) is 52.2 Å². The van der Waals surface area contributed by atoms with Gasteiger partial charge in [0.2, 0.25) is 0 Å². The zero-order valence-corrected chi connectivity index (χ0v) is 28.4. The monoisotopic (exact) mass is 717 g/mol.